The lowest BCUT2D eigenvalue weighted by atomic mass is 9.67. The molecule has 3 rings (SSSR count). The quantitative estimate of drug-likeness (QED) is 0.769. The molecular formula is C20H29NO2. The topological polar surface area (TPSA) is 29.5 Å². The monoisotopic (exact) mass is 315 g/mol. The van der Waals surface area contributed by atoms with Crippen LogP contribution in [0.1, 0.15) is 51.0 Å². The van der Waals surface area contributed by atoms with Crippen molar-refractivity contribution in [1.29, 1.82) is 0 Å². The number of hydrogen-bond acceptors (Lipinski definition) is 3. The number of carbonyl (C=O) groups is 1. The van der Waals surface area contributed by atoms with Gasteiger partial charge in [-0.2, -0.15) is 0 Å². The largest absolute Gasteiger partial charge is 0.466 e. The molecule has 23 heavy (non-hydrogen) atoms. The number of benzene rings is 1. The first kappa shape index (κ1) is 16.5. The minimum absolute atomic E-state index is 0.0752. The highest BCUT2D eigenvalue weighted by atomic mass is 16.5. The second-order valence-corrected chi connectivity index (χ2v) is 7.12. The lowest BCUT2D eigenvalue weighted by Crippen LogP contribution is -2.48. The summed E-state index contributed by atoms with van der Waals surface area (Å²) in [4.78, 5) is 15.2. The molecule has 0 aromatic heterocycles. The molecule has 1 aromatic rings. The average Bonchev–Trinajstić information content (AvgIpc) is 3.12. The Labute approximate surface area is 140 Å². The molecular weight excluding hydrogens is 286 g/mol. The highest BCUT2D eigenvalue weighted by molar-refractivity contribution is 5.77. The van der Waals surface area contributed by atoms with Crippen LogP contribution in [0.5, 0.6) is 0 Å². The van der Waals surface area contributed by atoms with Crippen LogP contribution in [0.3, 0.4) is 0 Å². The van der Waals surface area contributed by atoms with E-state index < -0.39 is 0 Å². The molecule has 0 unspecified atom stereocenters. The van der Waals surface area contributed by atoms with Crippen LogP contribution in [-0.2, 0) is 16.1 Å². The summed E-state index contributed by atoms with van der Waals surface area (Å²) in [5, 5.41) is 0. The number of carbonyl (C=O) groups excluding carboxylic acids is 1. The maximum Gasteiger partial charge on any atom is 0.312 e. The lowest BCUT2D eigenvalue weighted by molar-refractivity contribution is -0.163. The maximum atomic E-state index is 12.7. The van der Waals surface area contributed by atoms with Crippen LogP contribution < -0.4 is 0 Å². The Morgan fingerprint density at radius 1 is 1.17 bits per heavy atom. The SMILES string of the molecule is CCOC(=O)C1(C2CCCC2)CCN(Cc2ccccc2)CC1. The summed E-state index contributed by atoms with van der Waals surface area (Å²) in [5.74, 6) is 0.617. The Hall–Kier alpha value is -1.35. The standard InChI is InChI=1S/C20H29NO2/c1-2-23-19(22)20(18-10-6-7-11-18)12-14-21(15-13-20)16-17-8-4-3-5-9-17/h3-5,8-9,18H,2,6-7,10-16H2,1H3. The molecule has 0 radical (unpaired) electrons. The molecule has 1 heterocycles. The summed E-state index contributed by atoms with van der Waals surface area (Å²) in [6, 6.07) is 10.6. The van der Waals surface area contributed by atoms with Crippen LogP contribution in [-0.4, -0.2) is 30.6 Å². The summed E-state index contributed by atoms with van der Waals surface area (Å²) in [6.07, 6.45) is 6.89. The highest BCUT2D eigenvalue weighted by Gasteiger charge is 2.49. The first-order chi connectivity index (χ1) is 11.2. The van der Waals surface area contributed by atoms with Gasteiger partial charge in [-0.05, 0) is 57.2 Å². The Bertz CT molecular complexity index is 500. The molecule has 1 aliphatic heterocycles. The van der Waals surface area contributed by atoms with E-state index in [0.29, 0.717) is 12.5 Å². The van der Waals surface area contributed by atoms with E-state index in [9.17, 15) is 4.79 Å². The fourth-order valence-electron chi connectivity index (χ4n) is 4.48. The molecule has 1 saturated heterocycles. The third-order valence-corrected chi connectivity index (χ3v) is 5.82. The van der Waals surface area contributed by atoms with E-state index >= 15 is 0 Å². The second kappa shape index (κ2) is 7.48. The van der Waals surface area contributed by atoms with E-state index in [1.54, 1.807) is 0 Å². The smallest absolute Gasteiger partial charge is 0.312 e. The van der Waals surface area contributed by atoms with E-state index in [2.05, 4.69) is 35.2 Å². The van der Waals surface area contributed by atoms with Crippen LogP contribution in [0.2, 0.25) is 0 Å². The first-order valence-corrected chi connectivity index (χ1v) is 9.18. The molecule has 2 fully saturated rings. The average molecular weight is 315 g/mol. The van der Waals surface area contributed by atoms with Crippen LogP contribution >= 0.6 is 0 Å². The van der Waals surface area contributed by atoms with Gasteiger partial charge in [0.05, 0.1) is 12.0 Å². The summed E-state index contributed by atoms with van der Waals surface area (Å²) in [5.41, 5.74) is 1.15. The minimum atomic E-state index is -0.209. The first-order valence-electron chi connectivity index (χ1n) is 9.18. The van der Waals surface area contributed by atoms with E-state index in [1.165, 1.54) is 31.2 Å². The molecule has 0 N–H and O–H groups in total. The van der Waals surface area contributed by atoms with Crippen molar-refractivity contribution in [1.82, 2.24) is 4.90 Å². The van der Waals surface area contributed by atoms with Crippen LogP contribution in [0, 0.1) is 11.3 Å². The van der Waals surface area contributed by atoms with Crippen molar-refractivity contribution in [3.05, 3.63) is 35.9 Å². The van der Waals surface area contributed by atoms with Gasteiger partial charge in [-0.3, -0.25) is 9.69 Å². The molecule has 0 spiro atoms. The molecule has 3 nitrogen and oxygen atoms in total. The minimum Gasteiger partial charge on any atom is -0.466 e. The molecule has 3 heteroatoms. The van der Waals surface area contributed by atoms with Gasteiger partial charge in [0, 0.05) is 6.54 Å². The molecule has 126 valence electrons. The number of likely N-dealkylation sites (tertiary alicyclic amines) is 1. The molecule has 2 aliphatic rings. The maximum absolute atomic E-state index is 12.7. The van der Waals surface area contributed by atoms with Crippen molar-refractivity contribution in [3.63, 3.8) is 0 Å². The van der Waals surface area contributed by atoms with Crippen molar-refractivity contribution in [2.24, 2.45) is 11.3 Å². The number of ether oxygens (including phenoxy) is 1. The molecule has 0 atom stereocenters. The fourth-order valence-corrected chi connectivity index (χ4v) is 4.48. The number of hydrogen-bond donors (Lipinski definition) is 0. The van der Waals surface area contributed by atoms with E-state index in [0.717, 1.165) is 32.5 Å². The van der Waals surface area contributed by atoms with Gasteiger partial charge in [-0.25, -0.2) is 0 Å². The van der Waals surface area contributed by atoms with E-state index in [1.807, 2.05) is 6.92 Å². The Balaban J connectivity index is 1.66. The number of esters is 1. The third kappa shape index (κ3) is 3.60. The molecule has 1 aromatic carbocycles. The number of nitrogens with zero attached hydrogens (tertiary/aromatic N) is 1. The summed E-state index contributed by atoms with van der Waals surface area (Å²) in [6.45, 7) is 5.42. The zero-order valence-electron chi connectivity index (χ0n) is 14.3. The summed E-state index contributed by atoms with van der Waals surface area (Å²) in [7, 11) is 0. The van der Waals surface area contributed by atoms with Gasteiger partial charge < -0.3 is 4.74 Å². The van der Waals surface area contributed by atoms with Gasteiger partial charge in [0.15, 0.2) is 0 Å². The van der Waals surface area contributed by atoms with Crippen molar-refractivity contribution in [2.45, 2.75) is 52.0 Å². The highest BCUT2D eigenvalue weighted by Crippen LogP contribution is 2.47. The van der Waals surface area contributed by atoms with E-state index in [-0.39, 0.29) is 11.4 Å². The molecule has 0 amide bonds. The Morgan fingerprint density at radius 2 is 1.83 bits per heavy atom. The van der Waals surface area contributed by atoms with Crippen molar-refractivity contribution in [2.75, 3.05) is 19.7 Å². The molecule has 1 saturated carbocycles. The van der Waals surface area contributed by atoms with Crippen LogP contribution in [0.4, 0.5) is 0 Å². The molecule has 1 aliphatic carbocycles. The summed E-state index contributed by atoms with van der Waals surface area (Å²) < 4.78 is 5.49. The fraction of sp³-hybridized carbons (Fsp3) is 0.650. The van der Waals surface area contributed by atoms with Gasteiger partial charge >= 0.3 is 5.97 Å². The second-order valence-electron chi connectivity index (χ2n) is 7.12. The lowest BCUT2D eigenvalue weighted by Gasteiger charge is -2.43. The predicted molar refractivity (Wildman–Crippen MR) is 92.0 cm³/mol. The number of piperidine rings is 1. The third-order valence-electron chi connectivity index (χ3n) is 5.82. The normalized spacial score (nSPS) is 22.1. The van der Waals surface area contributed by atoms with E-state index in [4.69, 9.17) is 4.74 Å². The van der Waals surface area contributed by atoms with Gasteiger partial charge in [0.2, 0.25) is 0 Å². The van der Waals surface area contributed by atoms with Crippen LogP contribution in [0.25, 0.3) is 0 Å². The zero-order valence-corrected chi connectivity index (χ0v) is 14.3. The van der Waals surface area contributed by atoms with Crippen molar-refractivity contribution >= 4 is 5.97 Å². The predicted octanol–water partition coefficient (Wildman–Crippen LogP) is 4.02. The Morgan fingerprint density at radius 3 is 2.43 bits per heavy atom. The number of rotatable bonds is 5. The van der Waals surface area contributed by atoms with Gasteiger partial charge in [-0.1, -0.05) is 43.2 Å². The van der Waals surface area contributed by atoms with Gasteiger partial charge in [0.1, 0.15) is 0 Å². The van der Waals surface area contributed by atoms with Gasteiger partial charge in [-0.15, -0.1) is 0 Å². The van der Waals surface area contributed by atoms with Gasteiger partial charge in [0.25, 0.3) is 0 Å². The summed E-state index contributed by atoms with van der Waals surface area (Å²) >= 11 is 0. The Kier molecular flexibility index (Phi) is 5.37. The molecule has 0 bridgehead atoms. The van der Waals surface area contributed by atoms with Crippen molar-refractivity contribution in [3.8, 4) is 0 Å². The van der Waals surface area contributed by atoms with Crippen molar-refractivity contribution < 1.29 is 9.53 Å². The van der Waals surface area contributed by atoms with Crippen LogP contribution in [0.15, 0.2) is 30.3 Å². The zero-order chi connectivity index (χ0) is 16.1.